The summed E-state index contributed by atoms with van der Waals surface area (Å²) in [6.07, 6.45) is 0.787. The third-order valence-corrected chi connectivity index (χ3v) is 7.11. The van der Waals surface area contributed by atoms with Crippen LogP contribution >= 0.6 is 11.3 Å². The number of carbonyl (C=O) groups excluding carboxylic acids is 1. The molecule has 2 atom stereocenters. The summed E-state index contributed by atoms with van der Waals surface area (Å²) in [5.41, 5.74) is 0.709. The van der Waals surface area contributed by atoms with E-state index in [9.17, 15) is 13.2 Å². The summed E-state index contributed by atoms with van der Waals surface area (Å²) < 4.78 is 30.6. The molecule has 1 aromatic rings. The van der Waals surface area contributed by atoms with Crippen LogP contribution in [0.15, 0.2) is 0 Å². The highest BCUT2D eigenvalue weighted by Gasteiger charge is 2.34. The monoisotopic (exact) mass is 361 g/mol. The van der Waals surface area contributed by atoms with Gasteiger partial charge in [-0.1, -0.05) is 6.92 Å². The lowest BCUT2D eigenvalue weighted by Gasteiger charge is -2.20. The standard InChI is InChI=1S/C14H23N3O4S2/c1-5-12-15-9(2)13(22-12)14(18)16-11-7-21-6-10(11)8-23(19,20)17(3)4/h10-11H,5-8H2,1-4H3,(H,16,18)/t10-,11-/m0/s1. The van der Waals surface area contributed by atoms with Gasteiger partial charge in [-0.05, 0) is 13.3 Å². The average molecular weight is 361 g/mol. The van der Waals surface area contributed by atoms with E-state index in [1.807, 2.05) is 13.8 Å². The maximum atomic E-state index is 12.4. The fraction of sp³-hybridized carbons (Fsp3) is 0.714. The molecule has 2 rings (SSSR count). The molecule has 1 N–H and O–H groups in total. The zero-order chi connectivity index (χ0) is 17.2. The number of sulfonamides is 1. The second kappa shape index (κ2) is 7.25. The van der Waals surface area contributed by atoms with Crippen molar-refractivity contribution in [3.05, 3.63) is 15.6 Å². The van der Waals surface area contributed by atoms with Gasteiger partial charge >= 0.3 is 0 Å². The third kappa shape index (κ3) is 4.28. The Morgan fingerprint density at radius 1 is 1.43 bits per heavy atom. The number of hydrogen-bond donors (Lipinski definition) is 1. The molecular formula is C14H23N3O4S2. The molecule has 0 bridgehead atoms. The van der Waals surface area contributed by atoms with Crippen molar-refractivity contribution in [3.63, 3.8) is 0 Å². The predicted octanol–water partition coefficient (Wildman–Crippen LogP) is 0.650. The van der Waals surface area contributed by atoms with E-state index in [2.05, 4.69) is 10.3 Å². The van der Waals surface area contributed by atoms with Crippen molar-refractivity contribution in [2.24, 2.45) is 5.92 Å². The molecule has 1 fully saturated rings. The van der Waals surface area contributed by atoms with Gasteiger partial charge in [-0.2, -0.15) is 0 Å². The summed E-state index contributed by atoms with van der Waals surface area (Å²) in [6, 6.07) is -0.302. The molecule has 1 saturated heterocycles. The van der Waals surface area contributed by atoms with Crippen LogP contribution in [-0.4, -0.2) is 62.7 Å². The van der Waals surface area contributed by atoms with Crippen molar-refractivity contribution in [1.82, 2.24) is 14.6 Å². The van der Waals surface area contributed by atoms with Gasteiger partial charge in [-0.15, -0.1) is 11.3 Å². The number of thiazole rings is 1. The van der Waals surface area contributed by atoms with E-state index < -0.39 is 10.0 Å². The Kier molecular flexibility index (Phi) is 5.77. The summed E-state index contributed by atoms with van der Waals surface area (Å²) in [5.74, 6) is -0.486. The van der Waals surface area contributed by atoms with E-state index in [0.717, 1.165) is 11.4 Å². The summed E-state index contributed by atoms with van der Waals surface area (Å²) in [6.45, 7) is 4.47. The highest BCUT2D eigenvalue weighted by atomic mass is 32.2. The van der Waals surface area contributed by atoms with E-state index in [4.69, 9.17) is 4.74 Å². The number of aryl methyl sites for hydroxylation is 2. The van der Waals surface area contributed by atoms with Crippen LogP contribution in [0.1, 0.15) is 27.3 Å². The minimum Gasteiger partial charge on any atom is -0.379 e. The lowest BCUT2D eigenvalue weighted by atomic mass is 10.1. The zero-order valence-electron chi connectivity index (χ0n) is 13.8. The largest absolute Gasteiger partial charge is 0.379 e. The van der Waals surface area contributed by atoms with E-state index >= 15 is 0 Å². The first kappa shape index (κ1) is 18.3. The second-order valence-corrected chi connectivity index (χ2v) is 9.13. The number of ether oxygens (including phenoxy) is 1. The minimum atomic E-state index is -3.33. The first-order chi connectivity index (χ1) is 10.7. The maximum Gasteiger partial charge on any atom is 0.263 e. The molecule has 0 aliphatic carbocycles. The van der Waals surface area contributed by atoms with Crippen LogP contribution in [0.5, 0.6) is 0 Å². The highest BCUT2D eigenvalue weighted by Crippen LogP contribution is 2.21. The number of amides is 1. The third-order valence-electron chi connectivity index (χ3n) is 3.85. The first-order valence-electron chi connectivity index (χ1n) is 7.49. The van der Waals surface area contributed by atoms with Crippen LogP contribution in [0.4, 0.5) is 0 Å². The lowest BCUT2D eigenvalue weighted by molar-refractivity contribution is 0.0929. The molecule has 0 unspecified atom stereocenters. The van der Waals surface area contributed by atoms with E-state index in [1.165, 1.54) is 29.7 Å². The van der Waals surface area contributed by atoms with Crippen molar-refractivity contribution in [2.75, 3.05) is 33.1 Å². The molecule has 1 aromatic heterocycles. The first-order valence-corrected chi connectivity index (χ1v) is 9.92. The van der Waals surface area contributed by atoms with Gasteiger partial charge < -0.3 is 10.1 Å². The zero-order valence-corrected chi connectivity index (χ0v) is 15.5. The van der Waals surface area contributed by atoms with E-state index in [0.29, 0.717) is 23.8 Å². The number of carbonyl (C=O) groups is 1. The number of aromatic nitrogens is 1. The fourth-order valence-electron chi connectivity index (χ4n) is 2.39. The van der Waals surface area contributed by atoms with Gasteiger partial charge in [0.05, 0.1) is 35.7 Å². The molecule has 23 heavy (non-hydrogen) atoms. The van der Waals surface area contributed by atoms with Crippen molar-refractivity contribution >= 4 is 27.3 Å². The lowest BCUT2D eigenvalue weighted by Crippen LogP contribution is -2.43. The van der Waals surface area contributed by atoms with Crippen LogP contribution in [0.2, 0.25) is 0 Å². The Balaban J connectivity index is 2.06. The summed E-state index contributed by atoms with van der Waals surface area (Å²) in [7, 11) is -0.319. The van der Waals surface area contributed by atoms with Crippen LogP contribution in [0.3, 0.4) is 0 Å². The molecule has 0 spiro atoms. The normalized spacial score (nSPS) is 21.8. The number of hydrogen-bond acceptors (Lipinski definition) is 6. The number of nitrogens with one attached hydrogen (secondary N) is 1. The molecule has 0 radical (unpaired) electrons. The Morgan fingerprint density at radius 2 is 2.13 bits per heavy atom. The van der Waals surface area contributed by atoms with Crippen LogP contribution in [0.25, 0.3) is 0 Å². The van der Waals surface area contributed by atoms with Crippen LogP contribution in [0, 0.1) is 12.8 Å². The van der Waals surface area contributed by atoms with E-state index in [1.54, 1.807) is 0 Å². The van der Waals surface area contributed by atoms with Gasteiger partial charge in [0.25, 0.3) is 5.91 Å². The average Bonchev–Trinajstić information content (AvgIpc) is 3.05. The Bertz CT molecular complexity index is 670. The molecule has 130 valence electrons. The number of nitrogens with zero attached hydrogens (tertiary/aromatic N) is 2. The van der Waals surface area contributed by atoms with Gasteiger partial charge in [-0.25, -0.2) is 17.7 Å². The molecule has 0 saturated carbocycles. The molecule has 7 nitrogen and oxygen atoms in total. The smallest absolute Gasteiger partial charge is 0.263 e. The molecule has 1 amide bonds. The van der Waals surface area contributed by atoms with Crippen molar-refractivity contribution in [2.45, 2.75) is 26.3 Å². The summed E-state index contributed by atoms with van der Waals surface area (Å²) in [4.78, 5) is 17.4. The minimum absolute atomic E-state index is 0.0349. The van der Waals surface area contributed by atoms with Crippen LogP contribution in [-0.2, 0) is 21.2 Å². The molecule has 1 aliphatic heterocycles. The molecule has 0 aromatic carbocycles. The Labute approximate surface area is 141 Å². The second-order valence-electron chi connectivity index (χ2n) is 5.81. The molecule has 9 heteroatoms. The van der Waals surface area contributed by atoms with Gasteiger partial charge in [0, 0.05) is 20.0 Å². The quantitative estimate of drug-likeness (QED) is 0.804. The summed E-state index contributed by atoms with van der Waals surface area (Å²) >= 11 is 1.38. The van der Waals surface area contributed by atoms with Gasteiger partial charge in [0.15, 0.2) is 0 Å². The maximum absolute atomic E-state index is 12.4. The van der Waals surface area contributed by atoms with Crippen molar-refractivity contribution in [1.29, 1.82) is 0 Å². The summed E-state index contributed by atoms with van der Waals surface area (Å²) in [5, 5.41) is 3.83. The van der Waals surface area contributed by atoms with E-state index in [-0.39, 0.29) is 23.6 Å². The molecule has 2 heterocycles. The fourth-order valence-corrected chi connectivity index (χ4v) is 4.47. The van der Waals surface area contributed by atoms with Crippen molar-refractivity contribution in [3.8, 4) is 0 Å². The molecular weight excluding hydrogens is 338 g/mol. The topological polar surface area (TPSA) is 88.6 Å². The van der Waals surface area contributed by atoms with Crippen LogP contribution < -0.4 is 5.32 Å². The van der Waals surface area contributed by atoms with Gasteiger partial charge in [-0.3, -0.25) is 4.79 Å². The molecule has 1 aliphatic rings. The SMILES string of the molecule is CCc1nc(C)c(C(=O)N[C@H]2COC[C@H]2CS(=O)(=O)N(C)C)s1. The predicted molar refractivity (Wildman–Crippen MR) is 89.3 cm³/mol. The van der Waals surface area contributed by atoms with Gasteiger partial charge in [0.2, 0.25) is 10.0 Å². The van der Waals surface area contributed by atoms with Gasteiger partial charge in [0.1, 0.15) is 4.88 Å². The number of rotatable bonds is 6. The van der Waals surface area contributed by atoms with Crippen molar-refractivity contribution < 1.29 is 17.9 Å². The highest BCUT2D eigenvalue weighted by molar-refractivity contribution is 7.89. The Hall–Kier alpha value is -1.03. The Morgan fingerprint density at radius 3 is 2.70 bits per heavy atom.